The van der Waals surface area contributed by atoms with E-state index in [4.69, 9.17) is 4.42 Å². The Morgan fingerprint density at radius 2 is 0.667 bits per heavy atom. The van der Waals surface area contributed by atoms with Crippen LogP contribution in [0.2, 0.25) is 0 Å². The summed E-state index contributed by atoms with van der Waals surface area (Å²) < 4.78 is 6.39. The molecule has 0 bridgehead atoms. The first-order chi connectivity index (χ1) is 28.3. The Balaban J connectivity index is 1.14. The summed E-state index contributed by atoms with van der Waals surface area (Å²) in [5.74, 6) is 0. The summed E-state index contributed by atoms with van der Waals surface area (Å²) in [7, 11) is -2.88. The maximum atomic E-state index is 6.39. The lowest BCUT2D eigenvalue weighted by Crippen LogP contribution is -2.74. The van der Waals surface area contributed by atoms with Gasteiger partial charge in [-0.3, -0.25) is 0 Å². The molecule has 3 heteroatoms. The number of para-hydroxylation sites is 2. The fourth-order valence-corrected chi connectivity index (χ4v) is 14.0. The summed E-state index contributed by atoms with van der Waals surface area (Å²) in [6.45, 7) is 0. The van der Waals surface area contributed by atoms with Crippen molar-refractivity contribution in [3.8, 4) is 0 Å². The van der Waals surface area contributed by atoms with E-state index >= 15 is 0 Å². The lowest BCUT2D eigenvalue weighted by Gasteiger charge is -2.35. The molecule has 0 radical (unpaired) electrons. The minimum Gasteiger partial charge on any atom is -0.456 e. The van der Waals surface area contributed by atoms with Crippen LogP contribution in [0, 0.1) is 0 Å². The molecule has 11 aromatic rings. The molecule has 268 valence electrons. The van der Waals surface area contributed by atoms with Gasteiger partial charge in [-0.15, -0.1) is 0 Å². The van der Waals surface area contributed by atoms with Gasteiger partial charge < -0.3 is 9.32 Å². The highest BCUT2D eigenvalue weighted by atomic mass is 28.3. The SMILES string of the molecule is c1ccc(N(c2ccc([Si](c3ccccc3)(c3ccccc3)c3ccc4c5ccccc5c5ccccc5c4c3)cc2)c2ccc3c(c2)oc2ccccc23)cc1. The van der Waals surface area contributed by atoms with Crippen molar-refractivity contribution in [3.63, 3.8) is 0 Å². The topological polar surface area (TPSA) is 16.4 Å². The van der Waals surface area contributed by atoms with E-state index in [1.807, 2.05) is 12.1 Å². The first-order valence-electron chi connectivity index (χ1n) is 19.6. The van der Waals surface area contributed by atoms with E-state index in [9.17, 15) is 0 Å². The summed E-state index contributed by atoms with van der Waals surface area (Å²) >= 11 is 0. The number of rotatable bonds is 7. The van der Waals surface area contributed by atoms with Crippen LogP contribution < -0.4 is 25.6 Å². The molecule has 0 saturated carbocycles. The molecule has 0 atom stereocenters. The molecule has 10 aromatic carbocycles. The summed E-state index contributed by atoms with van der Waals surface area (Å²) in [4.78, 5) is 2.33. The molecular formula is C54H37NOSi. The number of furan rings is 1. The number of nitrogens with zero attached hydrogens (tertiary/aromatic N) is 1. The maximum absolute atomic E-state index is 6.39. The van der Waals surface area contributed by atoms with E-state index in [-0.39, 0.29) is 0 Å². The van der Waals surface area contributed by atoms with Crippen LogP contribution in [-0.2, 0) is 0 Å². The van der Waals surface area contributed by atoms with Crippen molar-refractivity contribution in [3.05, 3.63) is 224 Å². The molecule has 0 fully saturated rings. The Hall–Kier alpha value is -7.20. The maximum Gasteiger partial charge on any atom is 0.179 e. The highest BCUT2D eigenvalue weighted by Crippen LogP contribution is 2.39. The normalized spacial score (nSPS) is 11.9. The van der Waals surface area contributed by atoms with Gasteiger partial charge in [0.05, 0.1) is 0 Å². The third-order valence-corrected chi connectivity index (χ3v) is 16.6. The predicted molar refractivity (Wildman–Crippen MR) is 245 cm³/mol. The number of benzene rings is 10. The van der Waals surface area contributed by atoms with Gasteiger partial charge >= 0.3 is 0 Å². The van der Waals surface area contributed by atoms with Gasteiger partial charge in [-0.05, 0) is 95.5 Å². The largest absolute Gasteiger partial charge is 0.456 e. The lowest BCUT2D eigenvalue weighted by molar-refractivity contribution is 0.669. The van der Waals surface area contributed by atoms with Crippen LogP contribution in [0.4, 0.5) is 17.1 Å². The molecule has 11 rings (SSSR count). The third kappa shape index (κ3) is 5.31. The van der Waals surface area contributed by atoms with Crippen LogP contribution in [0.15, 0.2) is 229 Å². The van der Waals surface area contributed by atoms with Gasteiger partial charge in [0.25, 0.3) is 0 Å². The van der Waals surface area contributed by atoms with Crippen LogP contribution in [0.1, 0.15) is 0 Å². The average Bonchev–Trinajstić information content (AvgIpc) is 3.66. The van der Waals surface area contributed by atoms with Gasteiger partial charge in [0.15, 0.2) is 8.07 Å². The van der Waals surface area contributed by atoms with E-state index in [1.54, 1.807) is 0 Å². The van der Waals surface area contributed by atoms with Crippen LogP contribution >= 0.6 is 0 Å². The molecule has 0 N–H and O–H groups in total. The predicted octanol–water partition coefficient (Wildman–Crippen LogP) is 11.9. The smallest absolute Gasteiger partial charge is 0.179 e. The fourth-order valence-electron chi connectivity index (χ4n) is 9.26. The standard InChI is InChI=1S/C54H37NOSi/c1-4-16-38(17-5-1)55(40-30-34-51-50-26-14-15-27-53(50)56-54(51)36-40)39-28-31-43(32-29-39)57(41-18-6-2-7-19-41,42-20-8-3-9-21-42)44-33-35-49-47-24-11-10-22-45(47)46-23-12-13-25-48(46)52(49)37-44/h1-37H. The first kappa shape index (κ1) is 33.2. The number of hydrogen-bond acceptors (Lipinski definition) is 2. The van der Waals surface area contributed by atoms with Crippen molar-refractivity contribution in [2.75, 3.05) is 4.90 Å². The summed E-state index contributed by atoms with van der Waals surface area (Å²) in [5.41, 5.74) is 4.99. The zero-order chi connectivity index (χ0) is 37.8. The van der Waals surface area contributed by atoms with E-state index in [0.717, 1.165) is 39.0 Å². The van der Waals surface area contributed by atoms with Crippen molar-refractivity contribution >= 4 is 100 Å². The molecule has 57 heavy (non-hydrogen) atoms. The zero-order valence-electron chi connectivity index (χ0n) is 31.2. The minimum atomic E-state index is -2.88. The minimum absolute atomic E-state index is 0.877. The van der Waals surface area contributed by atoms with Crippen LogP contribution in [0.5, 0.6) is 0 Å². The molecule has 0 spiro atoms. The zero-order valence-corrected chi connectivity index (χ0v) is 32.2. The molecule has 0 saturated heterocycles. The lowest BCUT2D eigenvalue weighted by atomic mass is 9.94. The van der Waals surface area contributed by atoms with Crippen molar-refractivity contribution in [1.29, 1.82) is 0 Å². The van der Waals surface area contributed by atoms with Gasteiger partial charge in [-0.2, -0.15) is 0 Å². The Bertz CT molecular complexity index is 3150. The Kier molecular flexibility index (Phi) is 7.87. The van der Waals surface area contributed by atoms with Gasteiger partial charge in [-0.1, -0.05) is 176 Å². The quantitative estimate of drug-likeness (QED) is 0.0918. The van der Waals surface area contributed by atoms with Gasteiger partial charge in [0.1, 0.15) is 11.2 Å². The Morgan fingerprint density at radius 3 is 1.28 bits per heavy atom. The van der Waals surface area contributed by atoms with Crippen LogP contribution in [0.25, 0.3) is 54.3 Å². The second-order valence-electron chi connectivity index (χ2n) is 14.8. The number of anilines is 3. The molecule has 0 aliphatic rings. The molecular weight excluding hydrogens is 707 g/mol. The summed E-state index contributed by atoms with van der Waals surface area (Å²) in [6, 6.07) is 82.3. The fraction of sp³-hybridized carbons (Fsp3) is 0. The Morgan fingerprint density at radius 1 is 0.263 bits per heavy atom. The van der Waals surface area contributed by atoms with E-state index in [2.05, 4.69) is 217 Å². The molecule has 0 aliphatic heterocycles. The molecule has 0 aliphatic carbocycles. The summed E-state index contributed by atoms with van der Waals surface area (Å²) in [6.07, 6.45) is 0. The van der Waals surface area contributed by atoms with E-state index in [1.165, 1.54) is 53.1 Å². The highest BCUT2D eigenvalue weighted by Gasteiger charge is 2.41. The van der Waals surface area contributed by atoms with Crippen molar-refractivity contribution in [1.82, 2.24) is 0 Å². The molecule has 0 amide bonds. The second-order valence-corrected chi connectivity index (χ2v) is 18.6. The Labute approximate surface area is 332 Å². The van der Waals surface area contributed by atoms with Gasteiger partial charge in [0, 0.05) is 33.9 Å². The number of fused-ring (bicyclic) bond motifs is 9. The van der Waals surface area contributed by atoms with Gasteiger partial charge in [-0.25, -0.2) is 0 Å². The average molecular weight is 744 g/mol. The second kappa shape index (κ2) is 13.5. The molecule has 1 heterocycles. The van der Waals surface area contributed by atoms with Crippen LogP contribution in [-0.4, -0.2) is 8.07 Å². The monoisotopic (exact) mass is 743 g/mol. The highest BCUT2D eigenvalue weighted by molar-refractivity contribution is 7.20. The van der Waals surface area contributed by atoms with Crippen molar-refractivity contribution in [2.45, 2.75) is 0 Å². The van der Waals surface area contributed by atoms with Crippen LogP contribution in [0.3, 0.4) is 0 Å². The van der Waals surface area contributed by atoms with Crippen molar-refractivity contribution in [2.24, 2.45) is 0 Å². The molecule has 0 unspecified atom stereocenters. The van der Waals surface area contributed by atoms with Crippen molar-refractivity contribution < 1.29 is 4.42 Å². The van der Waals surface area contributed by atoms with E-state index in [0.29, 0.717) is 0 Å². The first-order valence-corrected chi connectivity index (χ1v) is 21.6. The number of hydrogen-bond donors (Lipinski definition) is 0. The molecule has 2 nitrogen and oxygen atoms in total. The third-order valence-electron chi connectivity index (χ3n) is 11.8. The van der Waals surface area contributed by atoms with E-state index < -0.39 is 8.07 Å². The molecule has 1 aromatic heterocycles. The summed E-state index contributed by atoms with van der Waals surface area (Å²) in [5, 5.41) is 15.4. The van der Waals surface area contributed by atoms with Gasteiger partial charge in [0.2, 0.25) is 0 Å².